The van der Waals surface area contributed by atoms with E-state index < -0.39 is 7.82 Å². The van der Waals surface area contributed by atoms with E-state index in [0.717, 1.165) is 5.39 Å². The van der Waals surface area contributed by atoms with Crippen molar-refractivity contribution in [3.8, 4) is 5.75 Å². The van der Waals surface area contributed by atoms with Crippen molar-refractivity contribution in [2.45, 2.75) is 19.8 Å². The predicted molar refractivity (Wildman–Crippen MR) is 150 cm³/mol. The maximum Gasteiger partial charge on any atom is 0.469 e. The number of nitrogens with one attached hydrogen (secondary N) is 3. The van der Waals surface area contributed by atoms with Crippen molar-refractivity contribution < 1.29 is 32.8 Å². The number of phosphoric ester groups is 1. The van der Waals surface area contributed by atoms with Gasteiger partial charge in [0, 0.05) is 42.0 Å². The first kappa shape index (κ1) is 30.0. The highest BCUT2D eigenvalue weighted by molar-refractivity contribution is 7.46. The Balaban J connectivity index is 1.28. The Morgan fingerprint density at radius 3 is 2.66 bits per heavy atom. The van der Waals surface area contributed by atoms with Gasteiger partial charge in [-0.15, -0.1) is 0 Å². The quantitative estimate of drug-likeness (QED) is 0.101. The maximum absolute atomic E-state index is 13.1. The van der Waals surface area contributed by atoms with Gasteiger partial charge in [0.15, 0.2) is 5.82 Å². The summed E-state index contributed by atoms with van der Waals surface area (Å²) >= 11 is 0. The molecule has 4 rings (SSSR count). The minimum absolute atomic E-state index is 0.0494. The summed E-state index contributed by atoms with van der Waals surface area (Å²) < 4.78 is 34.3. The SMILES string of the molecule is CCN(CCCOc1ccc2c(Nc3cc(CC(=O)Nc4ccc(F)cc4)[nH]n3)ncnc2c1)CCOP(=O)(O)O. The summed E-state index contributed by atoms with van der Waals surface area (Å²) in [6.45, 7) is 4.17. The summed E-state index contributed by atoms with van der Waals surface area (Å²) in [5.41, 5.74) is 1.75. The molecule has 0 saturated heterocycles. The molecule has 13 nitrogen and oxygen atoms in total. The number of anilines is 3. The van der Waals surface area contributed by atoms with Crippen LogP contribution in [0.1, 0.15) is 19.0 Å². The molecule has 5 N–H and O–H groups in total. The molecule has 0 spiro atoms. The van der Waals surface area contributed by atoms with Crippen LogP contribution >= 0.6 is 7.82 Å². The number of carbonyl (C=O) groups excluding carboxylic acids is 1. The number of nitrogens with zero attached hydrogens (tertiary/aromatic N) is 4. The number of fused-ring (bicyclic) bond motifs is 1. The highest BCUT2D eigenvalue weighted by atomic mass is 31.2. The molecule has 0 unspecified atom stereocenters. The van der Waals surface area contributed by atoms with Crippen molar-refractivity contribution in [3.05, 3.63) is 66.4 Å². The summed E-state index contributed by atoms with van der Waals surface area (Å²) in [5.74, 6) is 0.997. The number of aromatic amines is 1. The molecular formula is C26H31FN7O6P. The van der Waals surface area contributed by atoms with Crippen LogP contribution in [0, 0.1) is 5.82 Å². The number of benzene rings is 2. The molecule has 0 bridgehead atoms. The van der Waals surface area contributed by atoms with Crippen LogP contribution in [-0.2, 0) is 20.3 Å². The number of ether oxygens (including phenoxy) is 1. The van der Waals surface area contributed by atoms with E-state index in [1.165, 1.54) is 30.6 Å². The number of rotatable bonds is 15. The van der Waals surface area contributed by atoms with Crippen LogP contribution in [0.5, 0.6) is 5.75 Å². The van der Waals surface area contributed by atoms with Gasteiger partial charge in [-0.2, -0.15) is 5.10 Å². The van der Waals surface area contributed by atoms with E-state index in [-0.39, 0.29) is 24.8 Å². The van der Waals surface area contributed by atoms with Gasteiger partial charge in [0.25, 0.3) is 0 Å². The molecule has 0 atom stereocenters. The monoisotopic (exact) mass is 587 g/mol. The molecule has 218 valence electrons. The van der Waals surface area contributed by atoms with E-state index in [4.69, 9.17) is 14.5 Å². The number of amides is 1. The molecule has 0 saturated carbocycles. The third kappa shape index (κ3) is 9.59. The number of carbonyl (C=O) groups is 1. The van der Waals surface area contributed by atoms with Crippen LogP contribution in [0.25, 0.3) is 10.9 Å². The molecule has 0 aliphatic heterocycles. The molecule has 2 aromatic heterocycles. The molecule has 1 amide bonds. The fourth-order valence-corrected chi connectivity index (χ4v) is 4.29. The van der Waals surface area contributed by atoms with Crippen LogP contribution < -0.4 is 15.4 Å². The highest BCUT2D eigenvalue weighted by Crippen LogP contribution is 2.35. The Hall–Kier alpha value is -3.94. The van der Waals surface area contributed by atoms with Crippen molar-refractivity contribution in [1.82, 2.24) is 25.1 Å². The van der Waals surface area contributed by atoms with Gasteiger partial charge in [0.05, 0.1) is 25.2 Å². The highest BCUT2D eigenvalue weighted by Gasteiger charge is 2.14. The van der Waals surface area contributed by atoms with Crippen molar-refractivity contribution in [2.24, 2.45) is 0 Å². The average Bonchev–Trinajstić information content (AvgIpc) is 3.37. The van der Waals surface area contributed by atoms with Gasteiger partial charge >= 0.3 is 7.82 Å². The van der Waals surface area contributed by atoms with Gasteiger partial charge in [-0.3, -0.25) is 14.4 Å². The van der Waals surface area contributed by atoms with Crippen LogP contribution in [-0.4, -0.2) is 73.6 Å². The summed E-state index contributed by atoms with van der Waals surface area (Å²) in [6.07, 6.45) is 2.19. The van der Waals surface area contributed by atoms with E-state index in [1.807, 2.05) is 30.0 Å². The number of hydrogen-bond donors (Lipinski definition) is 5. The van der Waals surface area contributed by atoms with Crippen LogP contribution in [0.3, 0.4) is 0 Å². The number of halogens is 1. The lowest BCUT2D eigenvalue weighted by molar-refractivity contribution is -0.115. The van der Waals surface area contributed by atoms with Crippen LogP contribution in [0.2, 0.25) is 0 Å². The van der Waals surface area contributed by atoms with Crippen molar-refractivity contribution in [2.75, 3.05) is 43.5 Å². The zero-order valence-corrected chi connectivity index (χ0v) is 23.2. The number of H-pyrrole nitrogens is 1. The number of hydrogen-bond acceptors (Lipinski definition) is 9. The second kappa shape index (κ2) is 14.1. The number of phosphoric acid groups is 1. The standard InChI is InChI=1S/C26H31FN7O6P/c1-2-34(11-13-40-41(36,37)38)10-3-12-39-21-8-9-22-23(16-21)28-17-29-26(22)31-24-14-20(32-33-24)15-25(35)30-19-6-4-18(27)5-7-19/h4-9,14,16-17H,2-3,10-13,15H2,1H3,(H,30,35)(H2,36,37,38)(H2,28,29,31,32,33). The summed E-state index contributed by atoms with van der Waals surface area (Å²) in [5, 5.41) is 13.6. The lowest BCUT2D eigenvalue weighted by Crippen LogP contribution is -2.29. The first-order valence-electron chi connectivity index (χ1n) is 12.9. The zero-order chi connectivity index (χ0) is 29.2. The smallest absolute Gasteiger partial charge is 0.469 e. The molecule has 2 aromatic carbocycles. The molecule has 2 heterocycles. The van der Waals surface area contributed by atoms with Gasteiger partial charge in [-0.25, -0.2) is 18.9 Å². The van der Waals surface area contributed by atoms with Gasteiger partial charge in [0.2, 0.25) is 5.91 Å². The topological polar surface area (TPSA) is 175 Å². The molecule has 0 aliphatic carbocycles. The second-order valence-electron chi connectivity index (χ2n) is 9.00. The Morgan fingerprint density at radius 2 is 1.90 bits per heavy atom. The lowest BCUT2D eigenvalue weighted by atomic mass is 10.2. The van der Waals surface area contributed by atoms with E-state index >= 15 is 0 Å². The minimum Gasteiger partial charge on any atom is -0.493 e. The third-order valence-corrected chi connectivity index (χ3v) is 6.48. The van der Waals surface area contributed by atoms with E-state index in [2.05, 4.69) is 35.3 Å². The molecule has 4 aromatic rings. The largest absolute Gasteiger partial charge is 0.493 e. The second-order valence-corrected chi connectivity index (χ2v) is 10.2. The Labute approximate surface area is 235 Å². The Morgan fingerprint density at radius 1 is 1.10 bits per heavy atom. The normalized spacial score (nSPS) is 11.6. The van der Waals surface area contributed by atoms with Gasteiger partial charge < -0.3 is 30.1 Å². The number of aromatic nitrogens is 4. The maximum atomic E-state index is 13.1. The fourth-order valence-electron chi connectivity index (χ4n) is 3.97. The van der Waals surface area contributed by atoms with Gasteiger partial charge in [-0.1, -0.05) is 6.92 Å². The average molecular weight is 588 g/mol. The zero-order valence-electron chi connectivity index (χ0n) is 22.3. The molecule has 0 fully saturated rings. The molecular weight excluding hydrogens is 556 g/mol. The summed E-state index contributed by atoms with van der Waals surface area (Å²) in [6, 6.07) is 12.7. The first-order valence-corrected chi connectivity index (χ1v) is 14.4. The van der Waals surface area contributed by atoms with E-state index in [0.29, 0.717) is 66.9 Å². The van der Waals surface area contributed by atoms with Crippen LogP contribution in [0.4, 0.5) is 21.7 Å². The Kier molecular flexibility index (Phi) is 10.3. The summed E-state index contributed by atoms with van der Waals surface area (Å²) in [4.78, 5) is 40.6. The van der Waals surface area contributed by atoms with E-state index in [9.17, 15) is 13.8 Å². The predicted octanol–water partition coefficient (Wildman–Crippen LogP) is 3.62. The van der Waals surface area contributed by atoms with Crippen molar-refractivity contribution >= 4 is 42.0 Å². The minimum atomic E-state index is -4.46. The molecule has 0 aliphatic rings. The number of likely N-dealkylation sites (N-methyl/N-ethyl adjacent to an activating group) is 1. The van der Waals surface area contributed by atoms with Crippen molar-refractivity contribution in [1.29, 1.82) is 0 Å². The molecule has 15 heteroatoms. The third-order valence-electron chi connectivity index (χ3n) is 5.97. The van der Waals surface area contributed by atoms with Gasteiger partial charge in [-0.05, 0) is 49.4 Å². The first-order chi connectivity index (χ1) is 19.7. The van der Waals surface area contributed by atoms with E-state index in [1.54, 1.807) is 6.07 Å². The van der Waals surface area contributed by atoms with Crippen molar-refractivity contribution in [3.63, 3.8) is 0 Å². The molecule has 41 heavy (non-hydrogen) atoms. The fraction of sp³-hybridized carbons (Fsp3) is 0.308. The lowest BCUT2D eigenvalue weighted by Gasteiger charge is -2.20. The molecule has 0 radical (unpaired) electrons. The summed E-state index contributed by atoms with van der Waals surface area (Å²) in [7, 11) is -4.46. The van der Waals surface area contributed by atoms with Crippen LogP contribution in [0.15, 0.2) is 54.9 Å². The van der Waals surface area contributed by atoms with Gasteiger partial charge in [0.1, 0.15) is 23.7 Å². The Bertz CT molecular complexity index is 1500.